The minimum absolute atomic E-state index is 0.437. The third-order valence-electron chi connectivity index (χ3n) is 4.89. The van der Waals surface area contributed by atoms with Gasteiger partial charge in [-0.25, -0.2) is 0 Å². The number of nitrogens with zero attached hydrogens (tertiary/aromatic N) is 1. The molecule has 2 aliphatic rings. The molecule has 0 bridgehead atoms. The van der Waals surface area contributed by atoms with Gasteiger partial charge in [-0.3, -0.25) is 4.90 Å². The zero-order valence-electron chi connectivity index (χ0n) is 10.7. The molecule has 1 aromatic rings. The van der Waals surface area contributed by atoms with E-state index in [1.165, 1.54) is 36.9 Å². The van der Waals surface area contributed by atoms with Crippen LogP contribution in [-0.2, 0) is 13.0 Å². The lowest BCUT2D eigenvalue weighted by atomic mass is 9.92. The van der Waals surface area contributed by atoms with E-state index in [1.54, 1.807) is 0 Å². The fourth-order valence-corrected chi connectivity index (χ4v) is 3.19. The van der Waals surface area contributed by atoms with Gasteiger partial charge in [0, 0.05) is 19.1 Å². The van der Waals surface area contributed by atoms with Crippen molar-refractivity contribution in [3.63, 3.8) is 0 Å². The Labute approximate surface area is 104 Å². The van der Waals surface area contributed by atoms with Crippen molar-refractivity contribution in [1.29, 1.82) is 0 Å². The maximum absolute atomic E-state index is 5.94. The Morgan fingerprint density at radius 3 is 2.65 bits per heavy atom. The molecule has 1 aromatic carbocycles. The predicted octanol–water partition coefficient (Wildman–Crippen LogP) is 2.17. The molecule has 2 heteroatoms. The average molecular weight is 230 g/mol. The first-order valence-electron chi connectivity index (χ1n) is 6.76. The lowest BCUT2D eigenvalue weighted by molar-refractivity contribution is 0.130. The van der Waals surface area contributed by atoms with E-state index < -0.39 is 0 Å². The van der Waals surface area contributed by atoms with Crippen molar-refractivity contribution in [2.45, 2.75) is 38.8 Å². The summed E-state index contributed by atoms with van der Waals surface area (Å²) in [5, 5.41) is 0. The first kappa shape index (κ1) is 11.2. The van der Waals surface area contributed by atoms with Crippen molar-refractivity contribution >= 4 is 0 Å². The quantitative estimate of drug-likeness (QED) is 0.862. The SMILES string of the molecule is CC(N1CCc2ccccc2C1)C1(CN)CC1. The van der Waals surface area contributed by atoms with Gasteiger partial charge < -0.3 is 5.73 Å². The van der Waals surface area contributed by atoms with Crippen LogP contribution in [-0.4, -0.2) is 24.0 Å². The average Bonchev–Trinajstić information content (AvgIpc) is 3.18. The summed E-state index contributed by atoms with van der Waals surface area (Å²) in [7, 11) is 0. The van der Waals surface area contributed by atoms with Gasteiger partial charge in [0.25, 0.3) is 0 Å². The van der Waals surface area contributed by atoms with Gasteiger partial charge in [0.05, 0.1) is 0 Å². The van der Waals surface area contributed by atoms with Gasteiger partial charge in [-0.05, 0) is 49.3 Å². The van der Waals surface area contributed by atoms with E-state index in [2.05, 4.69) is 36.1 Å². The van der Waals surface area contributed by atoms with Crippen LogP contribution >= 0.6 is 0 Å². The number of hydrogen-bond acceptors (Lipinski definition) is 2. The molecular formula is C15H22N2. The van der Waals surface area contributed by atoms with Crippen molar-refractivity contribution in [3.8, 4) is 0 Å². The molecule has 1 unspecified atom stereocenters. The normalized spacial score (nSPS) is 24.1. The van der Waals surface area contributed by atoms with Crippen LogP contribution in [0.5, 0.6) is 0 Å². The van der Waals surface area contributed by atoms with Gasteiger partial charge >= 0.3 is 0 Å². The smallest absolute Gasteiger partial charge is 0.0239 e. The van der Waals surface area contributed by atoms with E-state index in [0.717, 1.165) is 13.1 Å². The molecular weight excluding hydrogens is 208 g/mol. The Bertz CT molecular complexity index is 409. The van der Waals surface area contributed by atoms with Crippen LogP contribution in [0.3, 0.4) is 0 Å². The topological polar surface area (TPSA) is 29.3 Å². The number of hydrogen-bond donors (Lipinski definition) is 1. The highest BCUT2D eigenvalue weighted by atomic mass is 15.2. The zero-order valence-corrected chi connectivity index (χ0v) is 10.7. The number of nitrogens with two attached hydrogens (primary N) is 1. The second-order valence-corrected chi connectivity index (χ2v) is 5.73. The Balaban J connectivity index is 1.76. The van der Waals surface area contributed by atoms with E-state index >= 15 is 0 Å². The lowest BCUT2D eigenvalue weighted by Crippen LogP contribution is -2.45. The minimum Gasteiger partial charge on any atom is -0.330 e. The van der Waals surface area contributed by atoms with E-state index in [0.29, 0.717) is 11.5 Å². The number of benzene rings is 1. The van der Waals surface area contributed by atoms with Gasteiger partial charge in [0.1, 0.15) is 0 Å². The second-order valence-electron chi connectivity index (χ2n) is 5.73. The predicted molar refractivity (Wildman–Crippen MR) is 70.7 cm³/mol. The third-order valence-corrected chi connectivity index (χ3v) is 4.89. The minimum atomic E-state index is 0.437. The molecule has 1 fully saturated rings. The highest BCUT2D eigenvalue weighted by Gasteiger charge is 2.48. The molecule has 0 spiro atoms. The Kier molecular flexibility index (Phi) is 2.72. The summed E-state index contributed by atoms with van der Waals surface area (Å²) in [5.41, 5.74) is 9.43. The standard InChI is InChI=1S/C15H22N2/c1-12(15(11-16)7-8-15)17-9-6-13-4-2-3-5-14(13)10-17/h2-5,12H,6-11,16H2,1H3. The molecule has 92 valence electrons. The Morgan fingerprint density at radius 2 is 2.00 bits per heavy atom. The van der Waals surface area contributed by atoms with E-state index in [1.807, 2.05) is 0 Å². The highest BCUT2D eigenvalue weighted by molar-refractivity contribution is 5.29. The summed E-state index contributed by atoms with van der Waals surface area (Å²) >= 11 is 0. The van der Waals surface area contributed by atoms with Gasteiger partial charge in [-0.1, -0.05) is 24.3 Å². The molecule has 2 N–H and O–H groups in total. The lowest BCUT2D eigenvalue weighted by Gasteiger charge is -2.38. The summed E-state index contributed by atoms with van der Waals surface area (Å²) in [6.07, 6.45) is 3.84. The Morgan fingerprint density at radius 1 is 1.29 bits per heavy atom. The summed E-state index contributed by atoms with van der Waals surface area (Å²) in [4.78, 5) is 2.63. The van der Waals surface area contributed by atoms with Crippen LogP contribution in [0.4, 0.5) is 0 Å². The molecule has 0 aromatic heterocycles. The van der Waals surface area contributed by atoms with Crippen LogP contribution in [0, 0.1) is 5.41 Å². The highest BCUT2D eigenvalue weighted by Crippen LogP contribution is 2.50. The van der Waals surface area contributed by atoms with Gasteiger partial charge in [0.15, 0.2) is 0 Å². The molecule has 0 saturated heterocycles. The largest absolute Gasteiger partial charge is 0.330 e. The van der Waals surface area contributed by atoms with Crippen LogP contribution in [0.2, 0.25) is 0 Å². The summed E-state index contributed by atoms with van der Waals surface area (Å²) in [5.74, 6) is 0. The Hall–Kier alpha value is -0.860. The van der Waals surface area contributed by atoms with Crippen LogP contribution in [0.1, 0.15) is 30.9 Å². The molecule has 1 saturated carbocycles. The summed E-state index contributed by atoms with van der Waals surface area (Å²) in [6.45, 7) is 5.53. The maximum Gasteiger partial charge on any atom is 0.0239 e. The van der Waals surface area contributed by atoms with Gasteiger partial charge in [-0.15, -0.1) is 0 Å². The molecule has 2 nitrogen and oxygen atoms in total. The molecule has 1 aliphatic carbocycles. The van der Waals surface area contributed by atoms with Gasteiger partial charge in [-0.2, -0.15) is 0 Å². The molecule has 3 rings (SSSR count). The summed E-state index contributed by atoms with van der Waals surface area (Å²) in [6, 6.07) is 9.49. The second kappa shape index (κ2) is 4.11. The first-order chi connectivity index (χ1) is 8.25. The van der Waals surface area contributed by atoms with Crippen molar-refractivity contribution < 1.29 is 0 Å². The van der Waals surface area contributed by atoms with Crippen molar-refractivity contribution in [1.82, 2.24) is 4.90 Å². The van der Waals surface area contributed by atoms with Crippen molar-refractivity contribution in [3.05, 3.63) is 35.4 Å². The fraction of sp³-hybridized carbons (Fsp3) is 0.600. The van der Waals surface area contributed by atoms with Crippen molar-refractivity contribution in [2.24, 2.45) is 11.1 Å². The van der Waals surface area contributed by atoms with Crippen LogP contribution < -0.4 is 5.73 Å². The van der Waals surface area contributed by atoms with E-state index in [4.69, 9.17) is 5.73 Å². The maximum atomic E-state index is 5.94. The molecule has 1 atom stereocenters. The van der Waals surface area contributed by atoms with Crippen LogP contribution in [0.25, 0.3) is 0 Å². The van der Waals surface area contributed by atoms with E-state index in [9.17, 15) is 0 Å². The monoisotopic (exact) mass is 230 g/mol. The van der Waals surface area contributed by atoms with Gasteiger partial charge in [0.2, 0.25) is 0 Å². The molecule has 0 amide bonds. The first-order valence-corrected chi connectivity index (χ1v) is 6.76. The zero-order chi connectivity index (χ0) is 11.9. The molecule has 17 heavy (non-hydrogen) atoms. The van der Waals surface area contributed by atoms with E-state index in [-0.39, 0.29) is 0 Å². The summed E-state index contributed by atoms with van der Waals surface area (Å²) < 4.78 is 0. The third kappa shape index (κ3) is 1.90. The molecule has 1 heterocycles. The molecule has 0 radical (unpaired) electrons. The molecule has 1 aliphatic heterocycles. The van der Waals surface area contributed by atoms with Crippen molar-refractivity contribution in [2.75, 3.05) is 13.1 Å². The number of fused-ring (bicyclic) bond motifs is 1. The number of rotatable bonds is 3. The fourth-order valence-electron chi connectivity index (χ4n) is 3.19. The van der Waals surface area contributed by atoms with Crippen LogP contribution in [0.15, 0.2) is 24.3 Å².